The van der Waals surface area contributed by atoms with Crippen LogP contribution in [0.5, 0.6) is 0 Å². The molecule has 1 rings (SSSR count). The van der Waals surface area contributed by atoms with Gasteiger partial charge in [-0.3, -0.25) is 10.2 Å². The first-order valence-electron chi connectivity index (χ1n) is 7.42. The van der Waals surface area contributed by atoms with Gasteiger partial charge in [0, 0.05) is 10.9 Å². The van der Waals surface area contributed by atoms with Crippen molar-refractivity contribution in [2.24, 2.45) is 0 Å². The van der Waals surface area contributed by atoms with Crippen molar-refractivity contribution in [2.75, 3.05) is 5.88 Å². The SMILES string of the molecule is CC(C)(C)N(NC(=O)C(CCCCl)c1ccc(F)cc1Cl)C(=O)O. The van der Waals surface area contributed by atoms with E-state index in [9.17, 15) is 19.1 Å². The Hall–Kier alpha value is -1.53. The van der Waals surface area contributed by atoms with Crippen LogP contribution in [0.4, 0.5) is 9.18 Å². The highest BCUT2D eigenvalue weighted by molar-refractivity contribution is 6.31. The molecule has 0 fully saturated rings. The predicted octanol–water partition coefficient (Wildman–Crippen LogP) is 4.39. The zero-order valence-electron chi connectivity index (χ0n) is 13.8. The number of halogens is 3. The number of carbonyl (C=O) groups excluding carboxylic acids is 1. The maximum absolute atomic E-state index is 13.2. The number of carboxylic acid groups (broad SMARTS) is 1. The Bertz CT molecular complexity index is 605. The van der Waals surface area contributed by atoms with Crippen LogP contribution in [0.25, 0.3) is 0 Å². The normalized spacial score (nSPS) is 12.6. The van der Waals surface area contributed by atoms with Crippen LogP contribution >= 0.6 is 23.2 Å². The van der Waals surface area contributed by atoms with E-state index in [1.165, 1.54) is 12.1 Å². The average Bonchev–Trinajstić information content (AvgIpc) is 2.45. The number of alkyl halides is 1. The Labute approximate surface area is 150 Å². The minimum Gasteiger partial charge on any atom is -0.464 e. The van der Waals surface area contributed by atoms with Crippen molar-refractivity contribution in [3.05, 3.63) is 34.6 Å². The summed E-state index contributed by atoms with van der Waals surface area (Å²) in [5.74, 6) is -1.45. The third-order valence-electron chi connectivity index (χ3n) is 3.36. The van der Waals surface area contributed by atoms with Gasteiger partial charge in [0.15, 0.2) is 0 Å². The van der Waals surface area contributed by atoms with Gasteiger partial charge in [-0.2, -0.15) is 0 Å². The largest absolute Gasteiger partial charge is 0.464 e. The molecule has 5 nitrogen and oxygen atoms in total. The summed E-state index contributed by atoms with van der Waals surface area (Å²) in [5.41, 5.74) is 2.01. The number of nitrogens with one attached hydrogen (secondary N) is 1. The predicted molar refractivity (Wildman–Crippen MR) is 91.9 cm³/mol. The summed E-state index contributed by atoms with van der Waals surface area (Å²) in [6, 6.07) is 3.76. The number of hydrazine groups is 1. The molecule has 1 aromatic carbocycles. The number of hydrogen-bond donors (Lipinski definition) is 2. The molecule has 0 aliphatic rings. The summed E-state index contributed by atoms with van der Waals surface area (Å²) in [6.07, 6.45) is -0.397. The number of nitrogens with zero attached hydrogens (tertiary/aromatic N) is 1. The molecular weight excluding hydrogens is 358 g/mol. The van der Waals surface area contributed by atoms with Crippen molar-refractivity contribution >= 4 is 35.2 Å². The van der Waals surface area contributed by atoms with E-state index in [0.29, 0.717) is 24.3 Å². The summed E-state index contributed by atoms with van der Waals surface area (Å²) < 4.78 is 13.2. The third kappa shape index (κ3) is 5.53. The fourth-order valence-corrected chi connectivity index (χ4v) is 2.64. The molecule has 0 bridgehead atoms. The Morgan fingerprint density at radius 3 is 2.46 bits per heavy atom. The molecule has 2 N–H and O–H groups in total. The number of amides is 2. The van der Waals surface area contributed by atoms with Crippen LogP contribution in [0.15, 0.2) is 18.2 Å². The minimum atomic E-state index is -1.28. The summed E-state index contributed by atoms with van der Waals surface area (Å²) in [5, 5.41) is 10.2. The van der Waals surface area contributed by atoms with Gasteiger partial charge < -0.3 is 5.11 Å². The van der Waals surface area contributed by atoms with Crippen LogP contribution < -0.4 is 5.43 Å². The van der Waals surface area contributed by atoms with Gasteiger partial charge in [-0.1, -0.05) is 17.7 Å². The summed E-state index contributed by atoms with van der Waals surface area (Å²) in [7, 11) is 0. The smallest absolute Gasteiger partial charge is 0.426 e. The molecule has 0 aromatic heterocycles. The zero-order chi connectivity index (χ0) is 18.5. The molecule has 134 valence electrons. The molecule has 0 heterocycles. The highest BCUT2D eigenvalue weighted by atomic mass is 35.5. The molecular formula is C16H21Cl2FN2O3. The first-order valence-corrected chi connectivity index (χ1v) is 8.33. The van der Waals surface area contributed by atoms with Crippen LogP contribution in [0.2, 0.25) is 5.02 Å². The Morgan fingerprint density at radius 2 is 2.00 bits per heavy atom. The van der Waals surface area contributed by atoms with Crippen LogP contribution in [0.1, 0.15) is 45.1 Å². The monoisotopic (exact) mass is 378 g/mol. The average molecular weight is 379 g/mol. The van der Waals surface area contributed by atoms with E-state index in [-0.39, 0.29) is 5.02 Å². The van der Waals surface area contributed by atoms with Gasteiger partial charge in [0.2, 0.25) is 5.91 Å². The number of carbonyl (C=O) groups is 2. The number of benzene rings is 1. The molecule has 0 aliphatic carbocycles. The highest BCUT2D eigenvalue weighted by Gasteiger charge is 2.31. The Morgan fingerprint density at radius 1 is 1.38 bits per heavy atom. The summed E-state index contributed by atoms with van der Waals surface area (Å²) in [4.78, 5) is 24.0. The molecule has 2 amide bonds. The summed E-state index contributed by atoms with van der Waals surface area (Å²) in [6.45, 7) is 4.96. The maximum Gasteiger partial charge on any atom is 0.426 e. The molecule has 0 radical (unpaired) electrons. The zero-order valence-corrected chi connectivity index (χ0v) is 15.3. The van der Waals surface area contributed by atoms with Crippen molar-refractivity contribution in [3.8, 4) is 0 Å². The number of hydrogen-bond acceptors (Lipinski definition) is 2. The Balaban J connectivity index is 3.11. The first kappa shape index (κ1) is 20.5. The van der Waals surface area contributed by atoms with E-state index >= 15 is 0 Å². The van der Waals surface area contributed by atoms with Crippen molar-refractivity contribution in [3.63, 3.8) is 0 Å². The van der Waals surface area contributed by atoms with Gasteiger partial charge in [0.05, 0.1) is 11.5 Å². The van der Waals surface area contributed by atoms with Crippen LogP contribution in [0.3, 0.4) is 0 Å². The first-order chi connectivity index (χ1) is 11.1. The molecule has 1 unspecified atom stereocenters. The quantitative estimate of drug-likeness (QED) is 0.589. The maximum atomic E-state index is 13.2. The van der Waals surface area contributed by atoms with Crippen LogP contribution in [0, 0.1) is 5.82 Å². The lowest BCUT2D eigenvalue weighted by atomic mass is 9.93. The van der Waals surface area contributed by atoms with E-state index in [0.717, 1.165) is 11.1 Å². The summed E-state index contributed by atoms with van der Waals surface area (Å²) >= 11 is 11.8. The number of rotatable bonds is 5. The standard InChI is InChI=1S/C16H21Cl2FN2O3/c1-16(2,3)21(15(23)24)20-14(22)12(5-4-8-17)11-7-6-10(19)9-13(11)18/h6-7,9,12H,4-5,8H2,1-3H3,(H,20,22)(H,23,24). The van der Waals surface area contributed by atoms with Gasteiger partial charge in [0.1, 0.15) is 5.82 Å². The van der Waals surface area contributed by atoms with Gasteiger partial charge >= 0.3 is 6.09 Å². The third-order valence-corrected chi connectivity index (χ3v) is 3.96. The highest BCUT2D eigenvalue weighted by Crippen LogP contribution is 2.30. The van der Waals surface area contributed by atoms with Crippen molar-refractivity contribution < 1.29 is 19.1 Å². The molecule has 24 heavy (non-hydrogen) atoms. The van der Waals surface area contributed by atoms with Gasteiger partial charge in [-0.05, 0) is 51.3 Å². The second-order valence-corrected chi connectivity index (χ2v) is 7.10. The van der Waals surface area contributed by atoms with Crippen LogP contribution in [-0.2, 0) is 4.79 Å². The molecule has 0 aliphatic heterocycles. The van der Waals surface area contributed by atoms with E-state index in [4.69, 9.17) is 23.2 Å². The lowest BCUT2D eigenvalue weighted by Crippen LogP contribution is -2.56. The molecule has 8 heteroatoms. The van der Waals surface area contributed by atoms with Crippen molar-refractivity contribution in [1.29, 1.82) is 0 Å². The minimum absolute atomic E-state index is 0.113. The molecule has 1 aromatic rings. The molecule has 0 spiro atoms. The van der Waals surface area contributed by atoms with Crippen molar-refractivity contribution in [2.45, 2.75) is 45.1 Å². The van der Waals surface area contributed by atoms with Crippen LogP contribution in [-0.4, -0.2) is 33.5 Å². The topological polar surface area (TPSA) is 69.6 Å². The lowest BCUT2D eigenvalue weighted by Gasteiger charge is -2.34. The molecule has 0 saturated heterocycles. The second kappa shape index (κ2) is 8.53. The molecule has 1 atom stereocenters. The van der Waals surface area contributed by atoms with E-state index in [1.54, 1.807) is 20.8 Å². The van der Waals surface area contributed by atoms with E-state index < -0.39 is 29.3 Å². The van der Waals surface area contributed by atoms with Crippen molar-refractivity contribution in [1.82, 2.24) is 10.4 Å². The Kier molecular flexibility index (Phi) is 7.29. The van der Waals surface area contributed by atoms with Gasteiger partial charge in [0.25, 0.3) is 0 Å². The fourth-order valence-electron chi connectivity index (χ4n) is 2.18. The fraction of sp³-hybridized carbons (Fsp3) is 0.500. The van der Waals surface area contributed by atoms with E-state index in [1.807, 2.05) is 0 Å². The second-order valence-electron chi connectivity index (χ2n) is 6.31. The van der Waals surface area contributed by atoms with E-state index in [2.05, 4.69) is 5.43 Å². The molecule has 0 saturated carbocycles. The lowest BCUT2D eigenvalue weighted by molar-refractivity contribution is -0.129. The van der Waals surface area contributed by atoms with Gasteiger partial charge in [-0.25, -0.2) is 14.2 Å². The van der Waals surface area contributed by atoms with Gasteiger partial charge in [-0.15, -0.1) is 11.6 Å².